The second-order valence-corrected chi connectivity index (χ2v) is 5.09. The molecule has 1 aliphatic heterocycles. The highest BCUT2D eigenvalue weighted by Crippen LogP contribution is 2.22. The van der Waals surface area contributed by atoms with E-state index in [9.17, 15) is 4.79 Å². The van der Waals surface area contributed by atoms with E-state index in [1.54, 1.807) is 23.4 Å². The number of carbonyl (C=O) groups is 1. The summed E-state index contributed by atoms with van der Waals surface area (Å²) in [6, 6.07) is 1.69. The van der Waals surface area contributed by atoms with Crippen LogP contribution in [-0.2, 0) is 4.74 Å². The van der Waals surface area contributed by atoms with E-state index in [1.165, 1.54) is 0 Å². The number of ether oxygens (including phenoxy) is 1. The number of morpholine rings is 1. The first kappa shape index (κ1) is 13.1. The van der Waals surface area contributed by atoms with Crippen LogP contribution in [-0.4, -0.2) is 56.1 Å². The molecular formula is C11H11BrN6O2. The molecule has 1 amide bonds. The van der Waals surface area contributed by atoms with Crippen molar-refractivity contribution in [3.8, 4) is 0 Å². The van der Waals surface area contributed by atoms with E-state index in [0.29, 0.717) is 35.6 Å². The third kappa shape index (κ3) is 2.54. The summed E-state index contributed by atoms with van der Waals surface area (Å²) < 4.78 is 6.24. The molecule has 1 aliphatic rings. The van der Waals surface area contributed by atoms with Crippen LogP contribution < -0.4 is 0 Å². The third-order valence-corrected chi connectivity index (χ3v) is 3.64. The Kier molecular flexibility index (Phi) is 3.70. The molecule has 3 heterocycles. The predicted molar refractivity (Wildman–Crippen MR) is 70.7 cm³/mol. The quantitative estimate of drug-likeness (QED) is 0.859. The number of H-pyrrole nitrogens is 1. The summed E-state index contributed by atoms with van der Waals surface area (Å²) in [5.41, 5.74) is 0.578. The number of hydrogen-bond acceptors (Lipinski definition) is 6. The lowest BCUT2D eigenvalue weighted by Crippen LogP contribution is -2.42. The molecule has 1 fully saturated rings. The van der Waals surface area contributed by atoms with Gasteiger partial charge in [0.1, 0.15) is 6.10 Å². The minimum Gasteiger partial charge on any atom is -0.366 e. The summed E-state index contributed by atoms with van der Waals surface area (Å²) in [6.07, 6.45) is 2.84. The van der Waals surface area contributed by atoms with Crippen molar-refractivity contribution in [3.05, 3.63) is 34.3 Å². The zero-order chi connectivity index (χ0) is 13.9. The van der Waals surface area contributed by atoms with Crippen LogP contribution in [0.4, 0.5) is 0 Å². The Balaban J connectivity index is 1.77. The zero-order valence-corrected chi connectivity index (χ0v) is 11.9. The molecule has 0 bridgehead atoms. The average Bonchev–Trinajstić information content (AvgIpc) is 3.01. The van der Waals surface area contributed by atoms with E-state index in [4.69, 9.17) is 4.74 Å². The fourth-order valence-electron chi connectivity index (χ4n) is 2.01. The summed E-state index contributed by atoms with van der Waals surface area (Å²) >= 11 is 3.34. The van der Waals surface area contributed by atoms with Gasteiger partial charge in [-0.1, -0.05) is 5.21 Å². The van der Waals surface area contributed by atoms with Gasteiger partial charge in [0.2, 0.25) is 5.82 Å². The molecule has 2 aromatic heterocycles. The first-order valence-corrected chi connectivity index (χ1v) is 6.78. The minimum atomic E-state index is -0.355. The molecular weight excluding hydrogens is 328 g/mol. The second kappa shape index (κ2) is 5.63. The van der Waals surface area contributed by atoms with Crippen molar-refractivity contribution in [1.82, 2.24) is 30.5 Å². The highest BCUT2D eigenvalue weighted by Gasteiger charge is 2.29. The molecule has 0 aliphatic carbocycles. The molecule has 1 unspecified atom stereocenters. The number of nitrogens with zero attached hydrogens (tertiary/aromatic N) is 5. The number of pyridine rings is 1. The fraction of sp³-hybridized carbons (Fsp3) is 0.364. The number of hydrogen-bond donors (Lipinski definition) is 1. The highest BCUT2D eigenvalue weighted by atomic mass is 79.9. The largest absolute Gasteiger partial charge is 0.366 e. The van der Waals surface area contributed by atoms with Gasteiger partial charge in [-0.2, -0.15) is 5.21 Å². The molecule has 20 heavy (non-hydrogen) atoms. The molecule has 9 heteroatoms. The number of aromatic nitrogens is 5. The van der Waals surface area contributed by atoms with E-state index in [1.807, 2.05) is 0 Å². The maximum absolute atomic E-state index is 12.5. The standard InChI is InChI=1S/C11H11BrN6O2/c12-8-5-13-2-1-7(8)11(19)18-3-4-20-9(6-18)10-14-16-17-15-10/h1-2,5,9H,3-4,6H2,(H,14,15,16,17). The van der Waals surface area contributed by atoms with Gasteiger partial charge < -0.3 is 9.64 Å². The van der Waals surface area contributed by atoms with Crippen LogP contribution in [0, 0.1) is 0 Å². The highest BCUT2D eigenvalue weighted by molar-refractivity contribution is 9.10. The van der Waals surface area contributed by atoms with Gasteiger partial charge in [-0.25, -0.2) is 0 Å². The van der Waals surface area contributed by atoms with Crippen molar-refractivity contribution < 1.29 is 9.53 Å². The Labute approximate surface area is 122 Å². The van der Waals surface area contributed by atoms with E-state index in [0.717, 1.165) is 0 Å². The molecule has 1 N–H and O–H groups in total. The topological polar surface area (TPSA) is 96.9 Å². The number of carbonyl (C=O) groups excluding carboxylic acids is 1. The van der Waals surface area contributed by atoms with Crippen LogP contribution in [0.1, 0.15) is 22.3 Å². The summed E-state index contributed by atoms with van der Waals surface area (Å²) in [5, 5.41) is 13.7. The first-order chi connectivity index (χ1) is 9.75. The Morgan fingerprint density at radius 3 is 3.20 bits per heavy atom. The molecule has 1 atom stereocenters. The maximum atomic E-state index is 12.5. The Morgan fingerprint density at radius 1 is 1.55 bits per heavy atom. The Morgan fingerprint density at radius 2 is 2.45 bits per heavy atom. The van der Waals surface area contributed by atoms with Crippen LogP contribution in [0.3, 0.4) is 0 Å². The lowest BCUT2D eigenvalue weighted by Gasteiger charge is -2.31. The molecule has 8 nitrogen and oxygen atoms in total. The molecule has 0 aromatic carbocycles. The summed E-state index contributed by atoms with van der Waals surface area (Å²) in [4.78, 5) is 18.2. The van der Waals surface area contributed by atoms with Gasteiger partial charge in [-0.3, -0.25) is 9.78 Å². The van der Waals surface area contributed by atoms with Crippen molar-refractivity contribution in [3.63, 3.8) is 0 Å². The molecule has 0 saturated carbocycles. The molecule has 0 radical (unpaired) electrons. The van der Waals surface area contributed by atoms with Crippen LogP contribution >= 0.6 is 15.9 Å². The number of amides is 1. The monoisotopic (exact) mass is 338 g/mol. The van der Waals surface area contributed by atoms with Crippen LogP contribution in [0.15, 0.2) is 22.9 Å². The smallest absolute Gasteiger partial charge is 0.255 e. The number of tetrazole rings is 1. The number of rotatable bonds is 2. The van der Waals surface area contributed by atoms with E-state index in [2.05, 4.69) is 41.5 Å². The molecule has 0 spiro atoms. The van der Waals surface area contributed by atoms with E-state index in [-0.39, 0.29) is 12.0 Å². The molecule has 1 saturated heterocycles. The lowest BCUT2D eigenvalue weighted by molar-refractivity contribution is -0.0268. The third-order valence-electron chi connectivity index (χ3n) is 3.01. The zero-order valence-electron chi connectivity index (χ0n) is 10.4. The van der Waals surface area contributed by atoms with Gasteiger partial charge in [-0.15, -0.1) is 10.2 Å². The van der Waals surface area contributed by atoms with Crippen molar-refractivity contribution in [1.29, 1.82) is 0 Å². The van der Waals surface area contributed by atoms with Crippen LogP contribution in [0.25, 0.3) is 0 Å². The number of halogens is 1. The summed E-state index contributed by atoms with van der Waals surface area (Å²) in [7, 11) is 0. The number of aromatic amines is 1. The Hall–Kier alpha value is -1.87. The van der Waals surface area contributed by atoms with Crippen molar-refractivity contribution in [2.45, 2.75) is 6.10 Å². The van der Waals surface area contributed by atoms with Crippen molar-refractivity contribution >= 4 is 21.8 Å². The summed E-state index contributed by atoms with van der Waals surface area (Å²) in [5.74, 6) is 0.382. The molecule has 104 valence electrons. The van der Waals surface area contributed by atoms with Gasteiger partial charge in [0, 0.05) is 23.4 Å². The molecule has 2 aromatic rings. The minimum absolute atomic E-state index is 0.0731. The fourth-order valence-corrected chi connectivity index (χ4v) is 2.43. The predicted octanol–water partition coefficient (Wildman–Crippen LogP) is 0.571. The average molecular weight is 339 g/mol. The first-order valence-electron chi connectivity index (χ1n) is 5.99. The Bertz CT molecular complexity index is 605. The van der Waals surface area contributed by atoms with Gasteiger partial charge >= 0.3 is 0 Å². The lowest BCUT2D eigenvalue weighted by atomic mass is 10.2. The van der Waals surface area contributed by atoms with Gasteiger partial charge in [0.15, 0.2) is 0 Å². The van der Waals surface area contributed by atoms with Crippen molar-refractivity contribution in [2.24, 2.45) is 0 Å². The summed E-state index contributed by atoms with van der Waals surface area (Å²) in [6.45, 7) is 1.36. The van der Waals surface area contributed by atoms with Crippen molar-refractivity contribution in [2.75, 3.05) is 19.7 Å². The van der Waals surface area contributed by atoms with E-state index < -0.39 is 0 Å². The van der Waals surface area contributed by atoms with Crippen LogP contribution in [0.2, 0.25) is 0 Å². The van der Waals surface area contributed by atoms with Gasteiger partial charge in [-0.05, 0) is 22.0 Å². The maximum Gasteiger partial charge on any atom is 0.255 e. The van der Waals surface area contributed by atoms with E-state index >= 15 is 0 Å². The van der Waals surface area contributed by atoms with Gasteiger partial charge in [0.05, 0.1) is 18.7 Å². The van der Waals surface area contributed by atoms with Crippen LogP contribution in [0.5, 0.6) is 0 Å². The van der Waals surface area contributed by atoms with Gasteiger partial charge in [0.25, 0.3) is 5.91 Å². The molecule has 3 rings (SSSR count). The normalized spacial score (nSPS) is 19.1. The SMILES string of the molecule is O=C(c1ccncc1Br)N1CCOC(c2nn[nH]n2)C1. The second-order valence-electron chi connectivity index (χ2n) is 4.24. The number of nitrogens with one attached hydrogen (secondary N) is 1.